The highest BCUT2D eigenvalue weighted by molar-refractivity contribution is 4.99. The van der Waals surface area contributed by atoms with Crippen LogP contribution in [0.3, 0.4) is 0 Å². The summed E-state index contributed by atoms with van der Waals surface area (Å²) in [5, 5.41) is 3.66. The molecule has 2 atom stereocenters. The van der Waals surface area contributed by atoms with Gasteiger partial charge in [-0.25, -0.2) is 4.98 Å². The molecule has 2 bridgehead atoms. The standard InChI is InChI=1S/C15H26N4/c1-3-16-12-9-13-5-4-6-14(10-12)19(13)11-15-17-7-8-18(15)2/h7-8,12-14,16H,3-6,9-11H2,1-2H3. The first-order valence-electron chi connectivity index (χ1n) is 7.73. The Labute approximate surface area is 116 Å². The van der Waals surface area contributed by atoms with E-state index >= 15 is 0 Å². The lowest BCUT2D eigenvalue weighted by Gasteiger charge is -2.49. The van der Waals surface area contributed by atoms with Crippen LogP contribution in [0.1, 0.15) is 44.9 Å². The third kappa shape index (κ3) is 2.70. The molecule has 0 amide bonds. The summed E-state index contributed by atoms with van der Waals surface area (Å²) in [6.07, 6.45) is 10.7. The summed E-state index contributed by atoms with van der Waals surface area (Å²) in [6.45, 7) is 4.34. The number of imidazole rings is 1. The van der Waals surface area contributed by atoms with Crippen LogP contribution >= 0.6 is 0 Å². The zero-order valence-corrected chi connectivity index (χ0v) is 12.2. The Bertz CT molecular complexity index is 400. The third-order valence-electron chi connectivity index (χ3n) is 4.86. The van der Waals surface area contributed by atoms with E-state index in [-0.39, 0.29) is 0 Å². The molecule has 2 fully saturated rings. The number of piperidine rings is 2. The molecule has 4 heteroatoms. The molecule has 0 spiro atoms. The minimum atomic E-state index is 0.734. The summed E-state index contributed by atoms with van der Waals surface area (Å²) < 4.78 is 2.16. The van der Waals surface area contributed by atoms with Crippen molar-refractivity contribution < 1.29 is 0 Å². The number of aromatic nitrogens is 2. The predicted octanol–water partition coefficient (Wildman–Crippen LogP) is 1.92. The quantitative estimate of drug-likeness (QED) is 0.900. The molecule has 2 aliphatic heterocycles. The minimum Gasteiger partial charge on any atom is -0.337 e. The van der Waals surface area contributed by atoms with Crippen molar-refractivity contribution in [2.45, 2.75) is 63.7 Å². The van der Waals surface area contributed by atoms with E-state index in [4.69, 9.17) is 0 Å². The smallest absolute Gasteiger partial charge is 0.122 e. The van der Waals surface area contributed by atoms with Gasteiger partial charge in [-0.3, -0.25) is 4.90 Å². The van der Waals surface area contributed by atoms with Gasteiger partial charge in [-0.15, -0.1) is 0 Å². The minimum absolute atomic E-state index is 0.734. The first kappa shape index (κ1) is 13.1. The van der Waals surface area contributed by atoms with Crippen molar-refractivity contribution in [3.05, 3.63) is 18.2 Å². The molecule has 4 nitrogen and oxygen atoms in total. The van der Waals surface area contributed by atoms with Crippen LogP contribution in [-0.2, 0) is 13.6 Å². The third-order valence-corrected chi connectivity index (χ3v) is 4.86. The molecule has 1 N–H and O–H groups in total. The van der Waals surface area contributed by atoms with Gasteiger partial charge in [-0.2, -0.15) is 0 Å². The summed E-state index contributed by atoms with van der Waals surface area (Å²) in [5.74, 6) is 1.21. The first-order valence-corrected chi connectivity index (χ1v) is 7.73. The lowest BCUT2D eigenvalue weighted by atomic mass is 9.81. The molecule has 0 radical (unpaired) electrons. The van der Waals surface area contributed by atoms with Gasteiger partial charge in [0.05, 0.1) is 6.54 Å². The van der Waals surface area contributed by atoms with Crippen LogP contribution in [0.2, 0.25) is 0 Å². The summed E-state index contributed by atoms with van der Waals surface area (Å²) in [7, 11) is 2.10. The summed E-state index contributed by atoms with van der Waals surface area (Å²) in [5.41, 5.74) is 0. The van der Waals surface area contributed by atoms with Crippen molar-refractivity contribution in [3.63, 3.8) is 0 Å². The van der Waals surface area contributed by atoms with E-state index < -0.39 is 0 Å². The van der Waals surface area contributed by atoms with Crippen molar-refractivity contribution in [2.24, 2.45) is 7.05 Å². The largest absolute Gasteiger partial charge is 0.337 e. The van der Waals surface area contributed by atoms with E-state index in [1.165, 1.54) is 37.9 Å². The Morgan fingerprint density at radius 1 is 1.32 bits per heavy atom. The maximum absolute atomic E-state index is 4.50. The van der Waals surface area contributed by atoms with Crippen LogP contribution in [-0.4, -0.2) is 39.1 Å². The molecule has 1 aromatic heterocycles. The number of nitrogens with one attached hydrogen (secondary N) is 1. The van der Waals surface area contributed by atoms with E-state index in [0.29, 0.717) is 0 Å². The van der Waals surface area contributed by atoms with Crippen LogP contribution < -0.4 is 5.32 Å². The Balaban J connectivity index is 1.70. The fraction of sp³-hybridized carbons (Fsp3) is 0.800. The Hall–Kier alpha value is -0.870. The van der Waals surface area contributed by atoms with E-state index in [0.717, 1.165) is 31.2 Å². The fourth-order valence-corrected chi connectivity index (χ4v) is 3.90. The second kappa shape index (κ2) is 5.63. The number of fused-ring (bicyclic) bond motifs is 2. The Kier molecular flexibility index (Phi) is 3.89. The maximum Gasteiger partial charge on any atom is 0.122 e. The molecule has 19 heavy (non-hydrogen) atoms. The maximum atomic E-state index is 4.50. The SMILES string of the molecule is CCNC1CC2CCCC(C1)N2Cc1nccn1C. The Morgan fingerprint density at radius 3 is 2.63 bits per heavy atom. The zero-order valence-electron chi connectivity index (χ0n) is 12.2. The van der Waals surface area contributed by atoms with Crippen LogP contribution in [0.5, 0.6) is 0 Å². The normalized spacial score (nSPS) is 31.6. The topological polar surface area (TPSA) is 33.1 Å². The van der Waals surface area contributed by atoms with Gasteiger partial charge < -0.3 is 9.88 Å². The molecular formula is C15H26N4. The zero-order chi connectivity index (χ0) is 13.2. The second-order valence-corrected chi connectivity index (χ2v) is 6.09. The van der Waals surface area contributed by atoms with E-state index in [1.807, 2.05) is 6.20 Å². The van der Waals surface area contributed by atoms with Gasteiger partial charge in [0.25, 0.3) is 0 Å². The summed E-state index contributed by atoms with van der Waals surface area (Å²) >= 11 is 0. The van der Waals surface area contributed by atoms with Gasteiger partial charge in [-0.1, -0.05) is 13.3 Å². The van der Waals surface area contributed by atoms with Crippen LogP contribution in [0.4, 0.5) is 0 Å². The monoisotopic (exact) mass is 262 g/mol. The summed E-state index contributed by atoms with van der Waals surface area (Å²) in [4.78, 5) is 7.22. The van der Waals surface area contributed by atoms with E-state index in [9.17, 15) is 0 Å². The van der Waals surface area contributed by atoms with Gasteiger partial charge in [0.1, 0.15) is 5.82 Å². The highest BCUT2D eigenvalue weighted by Gasteiger charge is 2.38. The van der Waals surface area contributed by atoms with Crippen LogP contribution in [0.15, 0.2) is 12.4 Å². The average molecular weight is 262 g/mol. The lowest BCUT2D eigenvalue weighted by molar-refractivity contribution is 0.0154. The highest BCUT2D eigenvalue weighted by atomic mass is 15.2. The van der Waals surface area contributed by atoms with Gasteiger partial charge >= 0.3 is 0 Å². The molecule has 1 aromatic rings. The lowest BCUT2D eigenvalue weighted by Crippen LogP contribution is -2.55. The number of rotatable bonds is 4. The molecule has 0 aromatic carbocycles. The number of hydrogen-bond donors (Lipinski definition) is 1. The molecule has 0 saturated carbocycles. The predicted molar refractivity (Wildman–Crippen MR) is 76.9 cm³/mol. The number of hydrogen-bond acceptors (Lipinski definition) is 3. The van der Waals surface area contributed by atoms with E-state index in [1.54, 1.807) is 0 Å². The van der Waals surface area contributed by atoms with Crippen molar-refractivity contribution in [1.29, 1.82) is 0 Å². The second-order valence-electron chi connectivity index (χ2n) is 6.09. The molecule has 2 aliphatic rings. The molecular weight excluding hydrogens is 236 g/mol. The van der Waals surface area contributed by atoms with Gasteiger partial charge in [0.15, 0.2) is 0 Å². The average Bonchev–Trinajstić information content (AvgIpc) is 2.76. The number of nitrogens with zero attached hydrogens (tertiary/aromatic N) is 3. The molecule has 2 saturated heterocycles. The molecule has 2 unspecified atom stereocenters. The van der Waals surface area contributed by atoms with Crippen molar-refractivity contribution in [3.8, 4) is 0 Å². The fourth-order valence-electron chi connectivity index (χ4n) is 3.90. The number of aryl methyl sites for hydroxylation is 1. The molecule has 0 aliphatic carbocycles. The Morgan fingerprint density at radius 2 is 2.05 bits per heavy atom. The van der Waals surface area contributed by atoms with E-state index in [2.05, 4.69) is 39.9 Å². The molecule has 3 heterocycles. The van der Waals surface area contributed by atoms with Crippen molar-refractivity contribution >= 4 is 0 Å². The van der Waals surface area contributed by atoms with Crippen LogP contribution in [0, 0.1) is 0 Å². The van der Waals surface area contributed by atoms with Crippen molar-refractivity contribution in [2.75, 3.05) is 6.54 Å². The van der Waals surface area contributed by atoms with Gasteiger partial charge in [-0.05, 0) is 32.2 Å². The highest BCUT2D eigenvalue weighted by Crippen LogP contribution is 2.34. The van der Waals surface area contributed by atoms with Gasteiger partial charge in [0.2, 0.25) is 0 Å². The van der Waals surface area contributed by atoms with Crippen molar-refractivity contribution in [1.82, 2.24) is 19.8 Å². The van der Waals surface area contributed by atoms with Gasteiger partial charge in [0, 0.05) is 37.6 Å². The summed E-state index contributed by atoms with van der Waals surface area (Å²) in [6, 6.07) is 2.25. The molecule has 3 rings (SSSR count). The first-order chi connectivity index (χ1) is 9.28. The molecule has 106 valence electrons. The van der Waals surface area contributed by atoms with Crippen LogP contribution in [0.25, 0.3) is 0 Å².